The van der Waals surface area contributed by atoms with Crippen LogP contribution in [0.3, 0.4) is 0 Å². The Kier molecular flexibility index (Phi) is 23.3. The smallest absolute Gasteiger partial charge is 0.746 e. The Bertz CT molecular complexity index is 251. The Balaban J connectivity index is -0.000000980. The number of nitrogens with two attached hydrogens (primary N) is 1. The van der Waals surface area contributed by atoms with Gasteiger partial charge < -0.3 is 14.8 Å². The third-order valence-corrected chi connectivity index (χ3v) is 4.19. The summed E-state index contributed by atoms with van der Waals surface area (Å²) in [6.07, 6.45) is 7.57. The summed E-state index contributed by atoms with van der Waals surface area (Å²) in [6.45, 7) is 0.762. The fourth-order valence-corrected chi connectivity index (χ4v) is 2.78. The van der Waals surface area contributed by atoms with E-state index in [1.807, 2.05) is 0 Å². The maximum Gasteiger partial charge on any atom is 1.00 e. The Morgan fingerprint density at radius 1 is 0.882 bits per heavy atom. The van der Waals surface area contributed by atoms with Crippen molar-refractivity contribution in [1.82, 2.24) is 0 Å². The van der Waals surface area contributed by atoms with Gasteiger partial charge in [-0.15, -0.1) is 0 Å². The SMILES string of the molecule is NCCCCCCCCC[S+]=S(=O)([O-])[O-].[Na+].[Na+]. The van der Waals surface area contributed by atoms with Crippen molar-refractivity contribution >= 4 is 19.4 Å². The third kappa shape index (κ3) is 23.7. The quantitative estimate of drug-likeness (QED) is 0.263. The molecule has 0 aromatic rings. The van der Waals surface area contributed by atoms with Gasteiger partial charge in [0.05, 0.1) is 9.05 Å². The number of hydrogen-bond acceptors (Lipinski definition) is 4. The molecule has 0 aromatic heterocycles. The molecule has 0 atom stereocenters. The Hall–Kier alpha value is 2.25. The van der Waals surface area contributed by atoms with Gasteiger partial charge in [0.15, 0.2) is 5.75 Å². The predicted molar refractivity (Wildman–Crippen MR) is 63.3 cm³/mol. The fourth-order valence-electron chi connectivity index (χ4n) is 1.29. The first-order valence-electron chi connectivity index (χ1n) is 5.36. The first-order valence-corrected chi connectivity index (χ1v) is 8.27. The number of unbranched alkanes of at least 4 members (excludes halogenated alkanes) is 6. The van der Waals surface area contributed by atoms with Crippen LogP contribution in [-0.4, -0.2) is 25.6 Å². The summed E-state index contributed by atoms with van der Waals surface area (Å²) in [7, 11) is -3.57. The van der Waals surface area contributed by atoms with Gasteiger partial charge in [0.25, 0.3) is 0 Å². The second-order valence-corrected chi connectivity index (χ2v) is 6.89. The largest absolute Gasteiger partial charge is 1.00 e. The zero-order chi connectivity index (χ0) is 11.6. The molecule has 2 N–H and O–H groups in total. The van der Waals surface area contributed by atoms with Crippen molar-refractivity contribution < 1.29 is 72.4 Å². The summed E-state index contributed by atoms with van der Waals surface area (Å²) in [5.74, 6) is 0.425. The molecule has 0 rings (SSSR count). The second kappa shape index (κ2) is 16.3. The molecule has 0 saturated carbocycles. The first kappa shape index (κ1) is 24.3. The van der Waals surface area contributed by atoms with Gasteiger partial charge in [-0.1, -0.05) is 25.7 Å². The Labute approximate surface area is 153 Å². The molecule has 0 aliphatic heterocycles. The van der Waals surface area contributed by atoms with Crippen molar-refractivity contribution in [3.8, 4) is 0 Å². The molecule has 0 spiro atoms. The van der Waals surface area contributed by atoms with E-state index in [1.165, 1.54) is 19.3 Å². The van der Waals surface area contributed by atoms with Gasteiger partial charge >= 0.3 is 59.1 Å². The zero-order valence-corrected chi connectivity index (χ0v) is 16.6. The van der Waals surface area contributed by atoms with E-state index < -0.39 is 9.05 Å². The van der Waals surface area contributed by atoms with Crippen molar-refractivity contribution in [3.63, 3.8) is 0 Å². The van der Waals surface area contributed by atoms with Crippen LogP contribution in [0, 0.1) is 0 Å². The van der Waals surface area contributed by atoms with E-state index >= 15 is 0 Å². The molecule has 4 nitrogen and oxygen atoms in total. The van der Waals surface area contributed by atoms with Crippen molar-refractivity contribution in [2.24, 2.45) is 5.73 Å². The van der Waals surface area contributed by atoms with Gasteiger partial charge in [-0.25, -0.2) is 4.21 Å². The van der Waals surface area contributed by atoms with Crippen LogP contribution in [0.15, 0.2) is 0 Å². The molecule has 0 aromatic carbocycles. The summed E-state index contributed by atoms with van der Waals surface area (Å²) >= 11 is 0. The third-order valence-electron chi connectivity index (χ3n) is 2.08. The zero-order valence-electron chi connectivity index (χ0n) is 11.0. The van der Waals surface area contributed by atoms with Crippen LogP contribution in [0.4, 0.5) is 0 Å². The molecule has 0 heterocycles. The minimum atomic E-state index is -4.08. The molecular weight excluding hydrogens is 280 g/mol. The molecule has 8 heteroatoms. The maximum absolute atomic E-state index is 10.2. The van der Waals surface area contributed by atoms with E-state index in [-0.39, 0.29) is 59.1 Å². The van der Waals surface area contributed by atoms with E-state index in [0.717, 1.165) is 32.2 Å². The molecule has 0 fully saturated rings. The van der Waals surface area contributed by atoms with E-state index in [1.54, 1.807) is 0 Å². The molecule has 0 amide bonds. The van der Waals surface area contributed by atoms with Gasteiger partial charge in [-0.3, -0.25) is 0 Å². The van der Waals surface area contributed by atoms with Crippen LogP contribution in [0.5, 0.6) is 0 Å². The maximum atomic E-state index is 10.2. The standard InChI is InChI=1S/C9H21NO3S2.2Na/c10-8-6-4-2-1-3-5-7-9-14-15(11,12)13;;/h1-10H2,(H-,11,12,13);;/q;2*+1/p-1. The van der Waals surface area contributed by atoms with Crippen LogP contribution >= 0.6 is 0 Å². The molecule has 0 saturated heterocycles. The molecule has 92 valence electrons. The molecular formula is C9H20NNa2O3S2+. The van der Waals surface area contributed by atoms with Crippen LogP contribution in [0.25, 0.3) is 0 Å². The topological polar surface area (TPSA) is 89.2 Å². The molecule has 0 unspecified atom stereocenters. The second-order valence-electron chi connectivity index (χ2n) is 3.49. The molecule has 17 heavy (non-hydrogen) atoms. The van der Waals surface area contributed by atoms with Gasteiger partial charge in [-0.05, 0) is 19.4 Å². The van der Waals surface area contributed by atoms with Crippen molar-refractivity contribution in [1.29, 1.82) is 0 Å². The van der Waals surface area contributed by atoms with Crippen molar-refractivity contribution in [3.05, 3.63) is 0 Å². The normalized spacial score (nSPS) is 10.3. The van der Waals surface area contributed by atoms with E-state index in [4.69, 9.17) is 5.73 Å². The van der Waals surface area contributed by atoms with Crippen LogP contribution < -0.4 is 64.8 Å². The van der Waals surface area contributed by atoms with Crippen molar-refractivity contribution in [2.45, 2.75) is 44.9 Å². The Morgan fingerprint density at radius 3 is 1.71 bits per heavy atom. The van der Waals surface area contributed by atoms with Gasteiger partial charge in [0.2, 0.25) is 10.3 Å². The minimum Gasteiger partial charge on any atom is -0.746 e. The summed E-state index contributed by atoms with van der Waals surface area (Å²) in [5.41, 5.74) is 5.36. The van der Waals surface area contributed by atoms with Crippen LogP contribution in [0.2, 0.25) is 0 Å². The summed E-state index contributed by atoms with van der Waals surface area (Å²) in [5, 5.41) is 0. The number of rotatable bonds is 9. The molecule has 0 aliphatic rings. The summed E-state index contributed by atoms with van der Waals surface area (Å²) < 4.78 is 30.7. The first-order chi connectivity index (χ1) is 7.06. The van der Waals surface area contributed by atoms with Gasteiger partial charge in [-0.2, -0.15) is 0 Å². The summed E-state index contributed by atoms with van der Waals surface area (Å²) in [6, 6.07) is 0. The minimum absolute atomic E-state index is 0. The van der Waals surface area contributed by atoms with Crippen molar-refractivity contribution in [2.75, 3.05) is 12.3 Å². The average molecular weight is 300 g/mol. The molecule has 0 aliphatic carbocycles. The van der Waals surface area contributed by atoms with Gasteiger partial charge in [0, 0.05) is 6.42 Å². The predicted octanol–water partition coefficient (Wildman–Crippen LogP) is -4.77. The van der Waals surface area contributed by atoms with Crippen LogP contribution in [0.1, 0.15) is 44.9 Å². The average Bonchev–Trinajstić information content (AvgIpc) is 2.14. The Morgan fingerprint density at radius 2 is 1.29 bits per heavy atom. The molecule has 0 radical (unpaired) electrons. The number of hydrogen-bond donors (Lipinski definition) is 1. The fraction of sp³-hybridized carbons (Fsp3) is 1.00. The van der Waals surface area contributed by atoms with Crippen LogP contribution in [-0.2, 0) is 19.4 Å². The monoisotopic (exact) mass is 300 g/mol. The van der Waals surface area contributed by atoms with E-state index in [2.05, 4.69) is 0 Å². The van der Waals surface area contributed by atoms with E-state index in [9.17, 15) is 13.3 Å². The van der Waals surface area contributed by atoms with Gasteiger partial charge in [0.1, 0.15) is 0 Å². The summed E-state index contributed by atoms with van der Waals surface area (Å²) in [4.78, 5) is 0. The molecule has 0 bridgehead atoms. The van der Waals surface area contributed by atoms with E-state index in [0.29, 0.717) is 16.1 Å².